The van der Waals surface area contributed by atoms with E-state index in [1.807, 2.05) is 13.8 Å². The highest BCUT2D eigenvalue weighted by Gasteiger charge is 2.12. The third-order valence-electron chi connectivity index (χ3n) is 3.79. The third kappa shape index (κ3) is 4.13. The normalized spacial score (nSPS) is 12.7. The summed E-state index contributed by atoms with van der Waals surface area (Å²) in [5.74, 6) is 6.32. The van der Waals surface area contributed by atoms with Gasteiger partial charge in [-0.25, -0.2) is 0 Å². The van der Waals surface area contributed by atoms with E-state index in [1.54, 1.807) is 0 Å². The molecule has 1 aromatic carbocycles. The van der Waals surface area contributed by atoms with Crippen molar-refractivity contribution < 1.29 is 0 Å². The zero-order chi connectivity index (χ0) is 15.4. The summed E-state index contributed by atoms with van der Waals surface area (Å²) in [6, 6.07) is 13.1. The van der Waals surface area contributed by atoms with Gasteiger partial charge in [-0.1, -0.05) is 38.1 Å². The van der Waals surface area contributed by atoms with Crippen LogP contribution in [0.5, 0.6) is 0 Å². The molecule has 0 amide bonds. The van der Waals surface area contributed by atoms with Crippen LogP contribution in [0.15, 0.2) is 36.4 Å². The summed E-state index contributed by atoms with van der Waals surface area (Å²) < 4.78 is 0. The molecule has 2 rings (SSSR count). The van der Waals surface area contributed by atoms with Gasteiger partial charge in [-0.2, -0.15) is 0 Å². The van der Waals surface area contributed by atoms with Crippen LogP contribution in [0.2, 0.25) is 0 Å². The highest BCUT2D eigenvalue weighted by atomic mass is 15.2. The van der Waals surface area contributed by atoms with Gasteiger partial charge in [0.2, 0.25) is 0 Å². The van der Waals surface area contributed by atoms with Crippen molar-refractivity contribution >= 4 is 0 Å². The third-order valence-corrected chi connectivity index (χ3v) is 3.79. The summed E-state index contributed by atoms with van der Waals surface area (Å²) in [5, 5.41) is 0. The van der Waals surface area contributed by atoms with E-state index < -0.39 is 0 Å². The second kappa shape index (κ2) is 6.83. The number of nitrogens with zero attached hydrogens (tertiary/aromatic N) is 1. The van der Waals surface area contributed by atoms with Crippen LogP contribution in [0.3, 0.4) is 0 Å². The van der Waals surface area contributed by atoms with E-state index >= 15 is 0 Å². The fraction of sp³-hybridized carbons (Fsp3) is 0.389. The minimum atomic E-state index is 0.107. The lowest BCUT2D eigenvalue weighted by Crippen LogP contribution is -2.29. The SMILES string of the molecule is Cc1cc(C(Cc2ccc(C(C)C)cc2)NN)cc(C)n1. The summed E-state index contributed by atoms with van der Waals surface area (Å²) in [6.45, 7) is 8.45. The molecule has 0 spiro atoms. The van der Waals surface area contributed by atoms with E-state index in [0.717, 1.165) is 17.8 Å². The molecule has 0 bridgehead atoms. The number of aromatic nitrogens is 1. The van der Waals surface area contributed by atoms with Crippen LogP contribution in [0.4, 0.5) is 0 Å². The van der Waals surface area contributed by atoms with Crippen LogP contribution in [0.25, 0.3) is 0 Å². The lowest BCUT2D eigenvalue weighted by molar-refractivity contribution is 0.550. The van der Waals surface area contributed by atoms with Crippen molar-refractivity contribution in [3.05, 3.63) is 64.5 Å². The minimum Gasteiger partial charge on any atom is -0.271 e. The molecule has 112 valence electrons. The Kier molecular flexibility index (Phi) is 5.10. The number of hydrazine groups is 1. The average molecular weight is 283 g/mol. The van der Waals surface area contributed by atoms with Gasteiger partial charge in [-0.05, 0) is 55.0 Å². The van der Waals surface area contributed by atoms with E-state index in [4.69, 9.17) is 5.84 Å². The lowest BCUT2D eigenvalue weighted by atomic mass is 9.96. The maximum Gasteiger partial charge on any atom is 0.0501 e. The van der Waals surface area contributed by atoms with Crippen LogP contribution in [-0.4, -0.2) is 4.98 Å². The molecule has 1 heterocycles. The molecule has 0 fully saturated rings. The fourth-order valence-corrected chi connectivity index (χ4v) is 2.62. The summed E-state index contributed by atoms with van der Waals surface area (Å²) in [7, 11) is 0. The van der Waals surface area contributed by atoms with Crippen molar-refractivity contribution in [2.75, 3.05) is 0 Å². The van der Waals surface area contributed by atoms with Gasteiger partial charge in [0.1, 0.15) is 0 Å². The van der Waals surface area contributed by atoms with Crippen LogP contribution in [0.1, 0.15) is 53.9 Å². The van der Waals surface area contributed by atoms with Gasteiger partial charge in [0, 0.05) is 11.4 Å². The number of nitrogens with two attached hydrogens (primary N) is 1. The van der Waals surface area contributed by atoms with E-state index in [9.17, 15) is 0 Å². The second-order valence-electron chi connectivity index (χ2n) is 6.00. The Labute approximate surface area is 127 Å². The zero-order valence-electron chi connectivity index (χ0n) is 13.4. The maximum absolute atomic E-state index is 5.76. The fourth-order valence-electron chi connectivity index (χ4n) is 2.62. The van der Waals surface area contributed by atoms with Gasteiger partial charge in [-0.3, -0.25) is 16.3 Å². The van der Waals surface area contributed by atoms with E-state index in [2.05, 4.69) is 60.7 Å². The van der Waals surface area contributed by atoms with Crippen molar-refractivity contribution in [2.45, 2.75) is 46.1 Å². The number of pyridine rings is 1. The van der Waals surface area contributed by atoms with Crippen molar-refractivity contribution in [1.82, 2.24) is 10.4 Å². The first-order valence-corrected chi connectivity index (χ1v) is 7.49. The van der Waals surface area contributed by atoms with Gasteiger partial charge in [-0.15, -0.1) is 0 Å². The van der Waals surface area contributed by atoms with Gasteiger partial charge in [0.25, 0.3) is 0 Å². The quantitative estimate of drug-likeness (QED) is 0.651. The predicted octanol–water partition coefficient (Wildman–Crippen LogP) is 3.57. The molecule has 0 aliphatic carbocycles. The van der Waals surface area contributed by atoms with Crippen molar-refractivity contribution in [2.24, 2.45) is 5.84 Å². The molecule has 2 aromatic rings. The first-order chi connectivity index (χ1) is 9.99. The molecular formula is C18H25N3. The van der Waals surface area contributed by atoms with Crippen molar-refractivity contribution in [3.8, 4) is 0 Å². The van der Waals surface area contributed by atoms with Gasteiger partial charge in [0.05, 0.1) is 6.04 Å². The molecule has 0 radical (unpaired) electrons. The molecule has 3 heteroatoms. The highest BCUT2D eigenvalue weighted by Crippen LogP contribution is 2.21. The van der Waals surface area contributed by atoms with E-state index in [-0.39, 0.29) is 6.04 Å². The standard InChI is InChI=1S/C18H25N3/c1-12(2)16-7-5-15(6-8-16)11-18(21-19)17-9-13(3)20-14(4)10-17/h5-10,12,18,21H,11,19H2,1-4H3. The molecule has 3 N–H and O–H groups in total. The van der Waals surface area contributed by atoms with Gasteiger partial charge in [0.15, 0.2) is 0 Å². The molecular weight excluding hydrogens is 258 g/mol. The van der Waals surface area contributed by atoms with Crippen LogP contribution < -0.4 is 11.3 Å². The van der Waals surface area contributed by atoms with Crippen LogP contribution in [-0.2, 0) is 6.42 Å². The minimum absolute atomic E-state index is 0.107. The topological polar surface area (TPSA) is 50.9 Å². The first-order valence-electron chi connectivity index (χ1n) is 7.49. The number of nitrogens with one attached hydrogen (secondary N) is 1. The molecule has 21 heavy (non-hydrogen) atoms. The smallest absolute Gasteiger partial charge is 0.0501 e. The summed E-state index contributed by atoms with van der Waals surface area (Å²) in [6.07, 6.45) is 0.873. The Hall–Kier alpha value is -1.71. The number of benzene rings is 1. The summed E-state index contributed by atoms with van der Waals surface area (Å²) in [5.41, 5.74) is 8.83. The highest BCUT2D eigenvalue weighted by molar-refractivity contribution is 5.29. The molecule has 0 aliphatic heterocycles. The summed E-state index contributed by atoms with van der Waals surface area (Å²) >= 11 is 0. The number of hydrogen-bond donors (Lipinski definition) is 2. The maximum atomic E-state index is 5.76. The first kappa shape index (κ1) is 15.7. The molecule has 1 unspecified atom stereocenters. The number of hydrogen-bond acceptors (Lipinski definition) is 3. The predicted molar refractivity (Wildman–Crippen MR) is 88.0 cm³/mol. The van der Waals surface area contributed by atoms with E-state index in [0.29, 0.717) is 5.92 Å². The van der Waals surface area contributed by atoms with Crippen LogP contribution >= 0.6 is 0 Å². The zero-order valence-corrected chi connectivity index (χ0v) is 13.4. The number of aryl methyl sites for hydroxylation is 2. The van der Waals surface area contributed by atoms with E-state index in [1.165, 1.54) is 16.7 Å². The summed E-state index contributed by atoms with van der Waals surface area (Å²) in [4.78, 5) is 4.42. The monoisotopic (exact) mass is 283 g/mol. The van der Waals surface area contributed by atoms with Crippen molar-refractivity contribution in [1.29, 1.82) is 0 Å². The molecule has 1 atom stereocenters. The largest absolute Gasteiger partial charge is 0.271 e. The Morgan fingerprint density at radius 3 is 2.05 bits per heavy atom. The Morgan fingerprint density at radius 2 is 1.57 bits per heavy atom. The second-order valence-corrected chi connectivity index (χ2v) is 6.00. The molecule has 1 aromatic heterocycles. The van der Waals surface area contributed by atoms with Gasteiger partial charge >= 0.3 is 0 Å². The Bertz CT molecular complexity index is 568. The van der Waals surface area contributed by atoms with Gasteiger partial charge < -0.3 is 0 Å². The average Bonchev–Trinajstić information content (AvgIpc) is 2.44. The van der Waals surface area contributed by atoms with Crippen molar-refractivity contribution in [3.63, 3.8) is 0 Å². The molecule has 0 saturated carbocycles. The Morgan fingerprint density at radius 1 is 1.00 bits per heavy atom. The molecule has 0 saturated heterocycles. The molecule has 3 nitrogen and oxygen atoms in total. The Balaban J connectivity index is 2.18. The molecule has 0 aliphatic rings. The number of rotatable bonds is 5. The lowest BCUT2D eigenvalue weighted by Gasteiger charge is -2.18. The van der Waals surface area contributed by atoms with Crippen LogP contribution in [0, 0.1) is 13.8 Å².